The molecule has 0 unspecified atom stereocenters. The van der Waals surface area contributed by atoms with E-state index < -0.39 is 0 Å². The summed E-state index contributed by atoms with van der Waals surface area (Å²) in [6.45, 7) is 3.86. The van der Waals surface area contributed by atoms with Gasteiger partial charge >= 0.3 is 0 Å². The maximum atomic E-state index is 13.9. The lowest BCUT2D eigenvalue weighted by molar-refractivity contribution is -0.129. The van der Waals surface area contributed by atoms with Gasteiger partial charge in [0.25, 0.3) is 0 Å². The molecular formula is C23H26FN3O3. The van der Waals surface area contributed by atoms with Crippen molar-refractivity contribution < 1.29 is 18.7 Å². The zero-order chi connectivity index (χ0) is 21.7. The molecule has 0 fully saturated rings. The average molecular weight is 411 g/mol. The minimum absolute atomic E-state index is 0.147. The predicted molar refractivity (Wildman–Crippen MR) is 114 cm³/mol. The molecule has 0 spiro atoms. The maximum absolute atomic E-state index is 13.9. The molecule has 2 aromatic carbocycles. The van der Waals surface area contributed by atoms with Crippen LogP contribution in [0.4, 0.5) is 4.39 Å². The monoisotopic (exact) mass is 411 g/mol. The van der Waals surface area contributed by atoms with Gasteiger partial charge in [0.05, 0.1) is 7.11 Å². The van der Waals surface area contributed by atoms with Gasteiger partial charge in [-0.3, -0.25) is 20.4 Å². The van der Waals surface area contributed by atoms with Gasteiger partial charge in [-0.15, -0.1) is 0 Å². The number of methoxy groups -OCH3 is 1. The summed E-state index contributed by atoms with van der Waals surface area (Å²) in [5.74, 6) is 0.0634. The molecule has 1 aromatic heterocycles. The summed E-state index contributed by atoms with van der Waals surface area (Å²) in [6, 6.07) is 12.1. The number of hydrogen-bond acceptors (Lipinski definition) is 3. The van der Waals surface area contributed by atoms with Crippen LogP contribution >= 0.6 is 0 Å². The van der Waals surface area contributed by atoms with E-state index in [1.165, 1.54) is 12.1 Å². The molecule has 0 bridgehead atoms. The molecule has 3 aromatic rings. The fourth-order valence-electron chi connectivity index (χ4n) is 3.35. The zero-order valence-corrected chi connectivity index (χ0v) is 17.3. The highest BCUT2D eigenvalue weighted by Gasteiger charge is 2.16. The second-order valence-corrected chi connectivity index (χ2v) is 7.59. The van der Waals surface area contributed by atoms with Crippen molar-refractivity contribution in [3.63, 3.8) is 0 Å². The number of hydrogen-bond donors (Lipinski definition) is 3. The summed E-state index contributed by atoms with van der Waals surface area (Å²) in [6.07, 6.45) is 0.870. The molecule has 0 radical (unpaired) electrons. The molecule has 0 saturated carbocycles. The van der Waals surface area contributed by atoms with E-state index in [4.69, 9.17) is 4.74 Å². The Bertz CT molecular complexity index is 1040. The predicted octanol–water partition coefficient (Wildman–Crippen LogP) is 4.11. The van der Waals surface area contributed by atoms with E-state index in [1.807, 2.05) is 38.1 Å². The van der Waals surface area contributed by atoms with Crippen LogP contribution < -0.4 is 15.6 Å². The quantitative estimate of drug-likeness (QED) is 0.512. The molecular weight excluding hydrogens is 385 g/mol. The third kappa shape index (κ3) is 5.17. The maximum Gasteiger partial charge on any atom is 0.238 e. The molecule has 0 aliphatic carbocycles. The Morgan fingerprint density at radius 1 is 1.07 bits per heavy atom. The highest BCUT2D eigenvalue weighted by Crippen LogP contribution is 2.32. The number of aromatic nitrogens is 1. The van der Waals surface area contributed by atoms with Crippen molar-refractivity contribution in [3.05, 3.63) is 53.8 Å². The number of halogens is 1. The lowest BCUT2D eigenvalue weighted by Gasteiger charge is -2.10. The molecule has 3 N–H and O–H groups in total. The van der Waals surface area contributed by atoms with Crippen molar-refractivity contribution in [1.82, 2.24) is 15.8 Å². The number of carbonyl (C=O) groups is 2. The van der Waals surface area contributed by atoms with Gasteiger partial charge in [-0.05, 0) is 65.9 Å². The highest BCUT2D eigenvalue weighted by atomic mass is 19.1. The van der Waals surface area contributed by atoms with Gasteiger partial charge in [0.15, 0.2) is 0 Å². The number of aromatic amines is 1. The fraction of sp³-hybridized carbons (Fsp3) is 0.304. The third-order valence-corrected chi connectivity index (χ3v) is 4.78. The Morgan fingerprint density at radius 2 is 1.77 bits per heavy atom. The van der Waals surface area contributed by atoms with Crippen molar-refractivity contribution in [3.8, 4) is 17.0 Å². The normalized spacial score (nSPS) is 11.0. The summed E-state index contributed by atoms with van der Waals surface area (Å²) < 4.78 is 19.1. The van der Waals surface area contributed by atoms with Crippen LogP contribution in [0.3, 0.4) is 0 Å². The zero-order valence-electron chi connectivity index (χ0n) is 17.3. The van der Waals surface area contributed by atoms with E-state index in [1.54, 1.807) is 13.2 Å². The van der Waals surface area contributed by atoms with Crippen molar-refractivity contribution in [2.45, 2.75) is 33.1 Å². The van der Waals surface area contributed by atoms with Crippen LogP contribution in [0, 0.1) is 11.7 Å². The first-order valence-corrected chi connectivity index (χ1v) is 9.89. The second kappa shape index (κ2) is 9.43. The van der Waals surface area contributed by atoms with Crippen LogP contribution in [0.15, 0.2) is 42.5 Å². The summed E-state index contributed by atoms with van der Waals surface area (Å²) in [5.41, 5.74) is 8.25. The Kier molecular flexibility index (Phi) is 6.72. The number of fused-ring (bicyclic) bond motifs is 1. The number of ether oxygens (including phenoxy) is 1. The number of hydrazine groups is 1. The first-order valence-electron chi connectivity index (χ1n) is 9.89. The van der Waals surface area contributed by atoms with Crippen LogP contribution in [0.25, 0.3) is 22.2 Å². The Hall–Kier alpha value is -3.35. The molecule has 2 amide bonds. The molecule has 6 nitrogen and oxygen atoms in total. The lowest BCUT2D eigenvalue weighted by Crippen LogP contribution is -2.42. The summed E-state index contributed by atoms with van der Waals surface area (Å²) >= 11 is 0. The van der Waals surface area contributed by atoms with E-state index in [-0.39, 0.29) is 30.0 Å². The number of amides is 2. The van der Waals surface area contributed by atoms with Crippen molar-refractivity contribution in [1.29, 1.82) is 0 Å². The largest absolute Gasteiger partial charge is 0.497 e. The van der Waals surface area contributed by atoms with Gasteiger partial charge in [0.1, 0.15) is 11.6 Å². The van der Waals surface area contributed by atoms with E-state index in [0.29, 0.717) is 12.8 Å². The van der Waals surface area contributed by atoms with Crippen LogP contribution in [0.2, 0.25) is 0 Å². The number of benzene rings is 2. The molecule has 0 atom stereocenters. The number of nitrogens with one attached hydrogen (secondary N) is 3. The van der Waals surface area contributed by atoms with Crippen LogP contribution in [-0.2, 0) is 16.0 Å². The molecule has 3 rings (SSSR count). The summed E-state index contributed by atoms with van der Waals surface area (Å²) in [7, 11) is 1.60. The van der Waals surface area contributed by atoms with Crippen molar-refractivity contribution in [2.24, 2.45) is 5.92 Å². The minimum Gasteiger partial charge on any atom is -0.497 e. The van der Waals surface area contributed by atoms with Gasteiger partial charge < -0.3 is 9.72 Å². The molecule has 158 valence electrons. The topological polar surface area (TPSA) is 83.2 Å². The third-order valence-electron chi connectivity index (χ3n) is 4.78. The number of carbonyl (C=O) groups excluding carboxylic acids is 2. The Morgan fingerprint density at radius 3 is 2.43 bits per heavy atom. The van der Waals surface area contributed by atoms with E-state index in [0.717, 1.165) is 33.5 Å². The number of rotatable bonds is 7. The van der Waals surface area contributed by atoms with E-state index >= 15 is 0 Å². The van der Waals surface area contributed by atoms with Gasteiger partial charge in [0.2, 0.25) is 11.8 Å². The van der Waals surface area contributed by atoms with Crippen molar-refractivity contribution in [2.75, 3.05) is 7.11 Å². The molecule has 30 heavy (non-hydrogen) atoms. The van der Waals surface area contributed by atoms with Crippen LogP contribution in [0.5, 0.6) is 5.75 Å². The molecule has 0 aliphatic rings. The van der Waals surface area contributed by atoms with Gasteiger partial charge in [0, 0.05) is 29.4 Å². The SMILES string of the molecule is COc1ccc(-c2[nH]c3ccc(F)cc3c2CCC(=O)NNC(=O)CC(C)C)cc1. The summed E-state index contributed by atoms with van der Waals surface area (Å²) in [5, 5.41) is 0.734. The highest BCUT2D eigenvalue weighted by molar-refractivity contribution is 5.91. The van der Waals surface area contributed by atoms with Gasteiger partial charge in [-0.1, -0.05) is 13.8 Å². The first kappa shape index (κ1) is 21.4. The van der Waals surface area contributed by atoms with Crippen LogP contribution in [0.1, 0.15) is 32.3 Å². The average Bonchev–Trinajstić information content (AvgIpc) is 3.08. The summed E-state index contributed by atoms with van der Waals surface area (Å²) in [4.78, 5) is 27.3. The first-order chi connectivity index (χ1) is 14.4. The number of H-pyrrole nitrogens is 1. The van der Waals surface area contributed by atoms with Crippen molar-refractivity contribution >= 4 is 22.7 Å². The van der Waals surface area contributed by atoms with Crippen LogP contribution in [-0.4, -0.2) is 23.9 Å². The fourth-order valence-corrected chi connectivity index (χ4v) is 3.35. The smallest absolute Gasteiger partial charge is 0.238 e. The Labute approximate surface area is 174 Å². The van der Waals surface area contributed by atoms with Gasteiger partial charge in [-0.25, -0.2) is 4.39 Å². The molecule has 1 heterocycles. The molecule has 0 saturated heterocycles. The second-order valence-electron chi connectivity index (χ2n) is 7.59. The van der Waals surface area contributed by atoms with Gasteiger partial charge in [-0.2, -0.15) is 0 Å². The lowest BCUT2D eigenvalue weighted by atomic mass is 10.0. The van der Waals surface area contributed by atoms with E-state index in [2.05, 4.69) is 15.8 Å². The molecule has 7 heteroatoms. The Balaban J connectivity index is 1.80. The number of aryl methyl sites for hydroxylation is 1. The molecule has 0 aliphatic heterocycles. The van der Waals surface area contributed by atoms with E-state index in [9.17, 15) is 14.0 Å². The minimum atomic E-state index is -0.338. The standard InChI is InChI=1S/C23H26FN3O3/c1-14(2)12-22(29)27-26-21(28)11-9-18-19-13-16(24)6-10-20(19)25-23(18)15-4-7-17(30-3)8-5-15/h4-8,10,13-14,25H,9,11-12H2,1-3H3,(H,26,28)(H,27,29).